The predicted molar refractivity (Wildman–Crippen MR) is 118 cm³/mol. The fourth-order valence-electron chi connectivity index (χ4n) is 3.20. The van der Waals surface area contributed by atoms with Crippen LogP contribution < -0.4 is 10.9 Å². The van der Waals surface area contributed by atoms with Crippen molar-refractivity contribution in [2.45, 2.75) is 13.0 Å². The van der Waals surface area contributed by atoms with Crippen LogP contribution >= 0.6 is 15.9 Å². The molecule has 0 bridgehead atoms. The topological polar surface area (TPSA) is 64.0 Å². The lowest BCUT2D eigenvalue weighted by molar-refractivity contribution is -0.116. The summed E-state index contributed by atoms with van der Waals surface area (Å²) in [5.41, 5.74) is 3.27. The second-order valence-corrected chi connectivity index (χ2v) is 7.62. The molecule has 0 aliphatic rings. The number of amides is 1. The van der Waals surface area contributed by atoms with Crippen molar-refractivity contribution in [3.63, 3.8) is 0 Å². The third-order valence-corrected chi connectivity index (χ3v) is 5.12. The number of hydrogen-bond donors (Lipinski definition) is 1. The number of aromatic nitrogens is 2. The molecule has 144 valence electrons. The number of fused-ring (bicyclic) bond motifs is 1. The molecule has 0 radical (unpaired) electrons. The molecule has 0 saturated heterocycles. The van der Waals surface area contributed by atoms with E-state index in [2.05, 4.69) is 38.4 Å². The molecule has 1 amide bonds. The molecule has 29 heavy (non-hydrogen) atoms. The van der Waals surface area contributed by atoms with Crippen LogP contribution in [0.1, 0.15) is 11.1 Å². The van der Waals surface area contributed by atoms with Crippen LogP contribution in [0.25, 0.3) is 10.9 Å². The molecule has 0 atom stereocenters. The maximum absolute atomic E-state index is 12.7. The van der Waals surface area contributed by atoms with Crippen LogP contribution in [-0.4, -0.2) is 15.5 Å². The van der Waals surface area contributed by atoms with Crippen molar-refractivity contribution in [3.8, 4) is 0 Å². The molecule has 3 aromatic carbocycles. The van der Waals surface area contributed by atoms with Gasteiger partial charge in [-0.1, -0.05) is 64.5 Å². The van der Waals surface area contributed by atoms with E-state index in [1.165, 1.54) is 10.9 Å². The number of hydrogen-bond acceptors (Lipinski definition) is 3. The molecule has 6 heteroatoms. The number of carbonyl (C=O) groups is 1. The van der Waals surface area contributed by atoms with Gasteiger partial charge in [0.2, 0.25) is 5.91 Å². The van der Waals surface area contributed by atoms with Crippen LogP contribution in [0.5, 0.6) is 0 Å². The van der Waals surface area contributed by atoms with E-state index in [0.29, 0.717) is 17.3 Å². The van der Waals surface area contributed by atoms with Gasteiger partial charge in [-0.05, 0) is 41.8 Å². The van der Waals surface area contributed by atoms with Gasteiger partial charge >= 0.3 is 0 Å². The molecule has 0 saturated carbocycles. The summed E-state index contributed by atoms with van der Waals surface area (Å²) < 4.78 is 2.12. The van der Waals surface area contributed by atoms with Gasteiger partial charge in [0.05, 0.1) is 17.2 Å². The summed E-state index contributed by atoms with van der Waals surface area (Å²) in [6, 6.07) is 23.1. The highest BCUT2D eigenvalue weighted by atomic mass is 79.9. The summed E-state index contributed by atoms with van der Waals surface area (Å²) in [5, 5.41) is 3.40. The van der Waals surface area contributed by atoms with Gasteiger partial charge in [-0.15, -0.1) is 0 Å². The first-order valence-corrected chi connectivity index (χ1v) is 9.96. The molecule has 0 aliphatic carbocycles. The minimum atomic E-state index is -0.274. The lowest BCUT2D eigenvalue weighted by Gasteiger charge is -2.12. The number of nitrogens with one attached hydrogen (secondary N) is 1. The van der Waals surface area contributed by atoms with Gasteiger partial charge in [-0.25, -0.2) is 4.98 Å². The Hall–Kier alpha value is -3.25. The second-order valence-electron chi connectivity index (χ2n) is 6.71. The van der Waals surface area contributed by atoms with E-state index in [1.807, 2.05) is 48.5 Å². The van der Waals surface area contributed by atoms with E-state index in [1.54, 1.807) is 12.1 Å². The number of nitrogens with zero attached hydrogens (tertiary/aromatic N) is 2. The van der Waals surface area contributed by atoms with Crippen molar-refractivity contribution in [3.05, 3.63) is 105 Å². The van der Waals surface area contributed by atoms with Crippen LogP contribution in [0.15, 0.2) is 88.4 Å². The normalized spacial score (nSPS) is 10.8. The van der Waals surface area contributed by atoms with E-state index in [9.17, 15) is 9.59 Å². The van der Waals surface area contributed by atoms with E-state index in [4.69, 9.17) is 0 Å². The summed E-state index contributed by atoms with van der Waals surface area (Å²) in [6.07, 6.45) is 2.12. The molecule has 4 aromatic rings. The monoisotopic (exact) mass is 447 g/mol. The van der Waals surface area contributed by atoms with E-state index >= 15 is 0 Å². The van der Waals surface area contributed by atoms with Gasteiger partial charge in [-0.3, -0.25) is 14.2 Å². The van der Waals surface area contributed by atoms with Gasteiger partial charge in [0.1, 0.15) is 6.54 Å². The summed E-state index contributed by atoms with van der Waals surface area (Å²) in [7, 11) is 0. The van der Waals surface area contributed by atoms with Crippen molar-refractivity contribution >= 4 is 38.4 Å². The SMILES string of the molecule is O=C(Cn1cnc2ccc(Br)cc2c1=O)Nc1ccccc1Cc1ccccc1. The lowest BCUT2D eigenvalue weighted by atomic mass is 10.0. The average molecular weight is 448 g/mol. The van der Waals surface area contributed by atoms with Gasteiger partial charge in [0, 0.05) is 10.2 Å². The quantitative estimate of drug-likeness (QED) is 0.493. The Bertz CT molecular complexity index is 1240. The third-order valence-electron chi connectivity index (χ3n) is 4.63. The summed E-state index contributed by atoms with van der Waals surface area (Å²) in [6.45, 7) is -0.103. The Morgan fingerprint density at radius 1 is 1.00 bits per heavy atom. The van der Waals surface area contributed by atoms with Crippen molar-refractivity contribution < 1.29 is 4.79 Å². The summed E-state index contributed by atoms with van der Waals surface area (Å²) >= 11 is 3.37. The maximum atomic E-state index is 12.7. The molecule has 1 heterocycles. The number of anilines is 1. The number of para-hydroxylation sites is 1. The Morgan fingerprint density at radius 2 is 1.76 bits per heavy atom. The molecule has 0 unspecified atom stereocenters. The molecule has 0 aliphatic heterocycles. The average Bonchev–Trinajstić information content (AvgIpc) is 2.73. The van der Waals surface area contributed by atoms with Crippen LogP contribution in [0.2, 0.25) is 0 Å². The van der Waals surface area contributed by atoms with Crippen LogP contribution in [0, 0.1) is 0 Å². The van der Waals surface area contributed by atoms with Crippen LogP contribution in [-0.2, 0) is 17.8 Å². The molecule has 4 rings (SSSR count). The van der Waals surface area contributed by atoms with Gasteiger partial charge in [0.15, 0.2) is 0 Å². The standard InChI is InChI=1S/C23H18BrN3O2/c24-18-10-11-21-19(13-18)23(29)27(15-25-21)14-22(28)26-20-9-5-4-8-17(20)12-16-6-2-1-3-7-16/h1-11,13,15H,12,14H2,(H,26,28). The molecular formula is C23H18BrN3O2. The Labute approximate surface area is 176 Å². The van der Waals surface area contributed by atoms with Crippen LogP contribution in [0.3, 0.4) is 0 Å². The molecule has 1 aromatic heterocycles. The maximum Gasteiger partial charge on any atom is 0.261 e. The fourth-order valence-corrected chi connectivity index (χ4v) is 3.56. The van der Waals surface area contributed by atoms with Gasteiger partial charge in [-0.2, -0.15) is 0 Å². The summed E-state index contributed by atoms with van der Waals surface area (Å²) in [5.74, 6) is -0.274. The molecule has 0 fully saturated rings. The Balaban J connectivity index is 1.54. The molecule has 5 nitrogen and oxygen atoms in total. The minimum Gasteiger partial charge on any atom is -0.324 e. The van der Waals surface area contributed by atoms with Crippen molar-refractivity contribution in [1.82, 2.24) is 9.55 Å². The largest absolute Gasteiger partial charge is 0.324 e. The lowest BCUT2D eigenvalue weighted by Crippen LogP contribution is -2.28. The van der Waals surface area contributed by atoms with E-state index in [0.717, 1.165) is 21.3 Å². The number of halogens is 1. The smallest absolute Gasteiger partial charge is 0.261 e. The van der Waals surface area contributed by atoms with Crippen molar-refractivity contribution in [2.75, 3.05) is 5.32 Å². The highest BCUT2D eigenvalue weighted by Crippen LogP contribution is 2.19. The van der Waals surface area contributed by atoms with Gasteiger partial charge < -0.3 is 5.32 Å². The highest BCUT2D eigenvalue weighted by Gasteiger charge is 2.11. The second kappa shape index (κ2) is 8.41. The summed E-state index contributed by atoms with van der Waals surface area (Å²) in [4.78, 5) is 29.6. The zero-order chi connectivity index (χ0) is 20.2. The first kappa shape index (κ1) is 19.1. The van der Waals surface area contributed by atoms with E-state index < -0.39 is 0 Å². The first-order valence-electron chi connectivity index (χ1n) is 9.16. The number of benzene rings is 3. The highest BCUT2D eigenvalue weighted by molar-refractivity contribution is 9.10. The fraction of sp³-hybridized carbons (Fsp3) is 0.0870. The van der Waals surface area contributed by atoms with Crippen LogP contribution in [0.4, 0.5) is 5.69 Å². The molecule has 1 N–H and O–H groups in total. The Kier molecular flexibility index (Phi) is 5.53. The first-order chi connectivity index (χ1) is 14.1. The molecular weight excluding hydrogens is 430 g/mol. The zero-order valence-electron chi connectivity index (χ0n) is 15.5. The molecule has 0 spiro atoms. The van der Waals surface area contributed by atoms with E-state index in [-0.39, 0.29) is 18.0 Å². The minimum absolute atomic E-state index is 0.103. The predicted octanol–water partition coefficient (Wildman–Crippen LogP) is 4.39. The number of rotatable bonds is 5. The number of carbonyl (C=O) groups excluding carboxylic acids is 1. The zero-order valence-corrected chi connectivity index (χ0v) is 17.1. The third kappa shape index (κ3) is 4.43. The van der Waals surface area contributed by atoms with Gasteiger partial charge in [0.25, 0.3) is 5.56 Å². The van der Waals surface area contributed by atoms with Crippen molar-refractivity contribution in [2.24, 2.45) is 0 Å². The van der Waals surface area contributed by atoms with Crippen molar-refractivity contribution in [1.29, 1.82) is 0 Å². The Morgan fingerprint density at radius 3 is 2.59 bits per heavy atom.